The molecule has 4 aromatic rings. The Morgan fingerprint density at radius 2 is 1.61 bits per heavy atom. The third-order valence-electron chi connectivity index (χ3n) is 6.77. The average Bonchev–Trinajstić information content (AvgIpc) is 3.20. The van der Waals surface area contributed by atoms with E-state index in [1.165, 1.54) is 0 Å². The fraction of sp³-hybridized carbons (Fsp3) is 0.188. The lowest BCUT2D eigenvalue weighted by Gasteiger charge is -2.27. The summed E-state index contributed by atoms with van der Waals surface area (Å²) in [5.41, 5.74) is 2.32. The van der Waals surface area contributed by atoms with Gasteiger partial charge in [0.15, 0.2) is 0 Å². The molecule has 38 heavy (non-hydrogen) atoms. The van der Waals surface area contributed by atoms with Gasteiger partial charge in [-0.3, -0.25) is 9.59 Å². The van der Waals surface area contributed by atoms with Crippen molar-refractivity contribution in [2.45, 2.75) is 12.6 Å². The Hall–Kier alpha value is -4.42. The topological polar surface area (TPSA) is 70.1 Å². The number of nitrogens with zero attached hydrogens (tertiary/aromatic N) is 2. The van der Waals surface area contributed by atoms with E-state index in [9.17, 15) is 14.7 Å². The zero-order valence-corrected chi connectivity index (χ0v) is 21.5. The summed E-state index contributed by atoms with van der Waals surface area (Å²) >= 11 is 0. The highest BCUT2D eigenvalue weighted by molar-refractivity contribution is 6.46. The molecule has 1 heterocycles. The zero-order chi connectivity index (χ0) is 26.6. The minimum Gasteiger partial charge on any atom is -0.507 e. The summed E-state index contributed by atoms with van der Waals surface area (Å²) in [6, 6.07) is 29.9. The van der Waals surface area contributed by atoms with Crippen molar-refractivity contribution in [3.05, 3.63) is 119 Å². The number of Topliss-reactive ketones (excluding diaryl/α,β-unsaturated/α-hetero) is 1. The SMILES string of the molecule is CN(C)CCN1C(=O)C(=O)/C(=C(\O)c2ccc3ccccc3c2)C1c1cccc(OCc2ccccc2)c1. The Labute approximate surface area is 222 Å². The average molecular weight is 507 g/mol. The van der Waals surface area contributed by atoms with E-state index in [1.807, 2.05) is 110 Å². The summed E-state index contributed by atoms with van der Waals surface area (Å²) in [6.07, 6.45) is 0. The Morgan fingerprint density at radius 3 is 2.37 bits per heavy atom. The molecule has 1 atom stereocenters. The van der Waals surface area contributed by atoms with Gasteiger partial charge in [0.1, 0.15) is 18.1 Å². The quantitative estimate of drug-likeness (QED) is 0.197. The number of hydrogen-bond acceptors (Lipinski definition) is 5. The first-order valence-electron chi connectivity index (χ1n) is 12.6. The second-order valence-corrected chi connectivity index (χ2v) is 9.70. The van der Waals surface area contributed by atoms with Crippen molar-refractivity contribution in [3.63, 3.8) is 0 Å². The van der Waals surface area contributed by atoms with Gasteiger partial charge in [0.25, 0.3) is 11.7 Å². The molecule has 0 radical (unpaired) electrons. The molecule has 1 aliphatic rings. The second-order valence-electron chi connectivity index (χ2n) is 9.70. The Kier molecular flexibility index (Phi) is 7.24. The normalized spacial score (nSPS) is 16.9. The molecule has 6 nitrogen and oxygen atoms in total. The minimum absolute atomic E-state index is 0.0873. The maximum Gasteiger partial charge on any atom is 0.295 e. The van der Waals surface area contributed by atoms with E-state index in [1.54, 1.807) is 11.0 Å². The molecule has 0 bridgehead atoms. The Morgan fingerprint density at radius 1 is 0.868 bits per heavy atom. The van der Waals surface area contributed by atoms with Crippen LogP contribution in [0.1, 0.15) is 22.7 Å². The highest BCUT2D eigenvalue weighted by Crippen LogP contribution is 2.40. The molecule has 1 aliphatic heterocycles. The van der Waals surface area contributed by atoms with E-state index in [0.29, 0.717) is 36.6 Å². The van der Waals surface area contributed by atoms with Gasteiger partial charge in [-0.05, 0) is 54.2 Å². The van der Waals surface area contributed by atoms with Crippen LogP contribution < -0.4 is 4.74 Å². The summed E-state index contributed by atoms with van der Waals surface area (Å²) in [5.74, 6) is -0.859. The number of benzene rings is 4. The molecule has 0 spiro atoms. The lowest BCUT2D eigenvalue weighted by Crippen LogP contribution is -2.35. The fourth-order valence-electron chi connectivity index (χ4n) is 4.77. The molecule has 4 aromatic carbocycles. The predicted octanol–water partition coefficient (Wildman–Crippen LogP) is 5.40. The van der Waals surface area contributed by atoms with Crippen LogP contribution in [0.25, 0.3) is 16.5 Å². The maximum absolute atomic E-state index is 13.4. The van der Waals surface area contributed by atoms with Crippen molar-refractivity contribution >= 4 is 28.2 Å². The molecule has 6 heteroatoms. The maximum atomic E-state index is 13.4. The number of carbonyl (C=O) groups is 2. The number of ketones is 1. The molecular weight excluding hydrogens is 476 g/mol. The van der Waals surface area contributed by atoms with Gasteiger partial charge >= 0.3 is 0 Å². The third-order valence-corrected chi connectivity index (χ3v) is 6.77. The molecule has 192 valence electrons. The summed E-state index contributed by atoms with van der Waals surface area (Å²) in [6.45, 7) is 1.30. The van der Waals surface area contributed by atoms with Crippen molar-refractivity contribution in [3.8, 4) is 5.75 Å². The number of likely N-dealkylation sites (N-methyl/N-ethyl adjacent to an activating group) is 1. The highest BCUT2D eigenvalue weighted by atomic mass is 16.5. The second kappa shape index (κ2) is 10.9. The lowest BCUT2D eigenvalue weighted by atomic mass is 9.94. The minimum atomic E-state index is -0.735. The van der Waals surface area contributed by atoms with Gasteiger partial charge in [0.05, 0.1) is 11.6 Å². The molecule has 1 saturated heterocycles. The number of hydrogen-bond donors (Lipinski definition) is 1. The van der Waals surface area contributed by atoms with Crippen LogP contribution in [0.15, 0.2) is 103 Å². The lowest BCUT2D eigenvalue weighted by molar-refractivity contribution is -0.140. The first kappa shape index (κ1) is 25.2. The monoisotopic (exact) mass is 506 g/mol. The van der Waals surface area contributed by atoms with Gasteiger partial charge in [-0.15, -0.1) is 0 Å². The van der Waals surface area contributed by atoms with Crippen molar-refractivity contribution in [1.29, 1.82) is 0 Å². The Bertz CT molecular complexity index is 1510. The third kappa shape index (κ3) is 5.17. The van der Waals surface area contributed by atoms with Gasteiger partial charge in [-0.2, -0.15) is 0 Å². The van der Waals surface area contributed by atoms with E-state index in [0.717, 1.165) is 16.3 Å². The molecule has 0 saturated carbocycles. The van der Waals surface area contributed by atoms with E-state index in [2.05, 4.69) is 0 Å². The van der Waals surface area contributed by atoms with Crippen LogP contribution in [0, 0.1) is 0 Å². The number of ether oxygens (including phenoxy) is 1. The molecular formula is C32H30N2O4. The van der Waals surface area contributed by atoms with E-state index in [-0.39, 0.29) is 11.3 Å². The van der Waals surface area contributed by atoms with Crippen LogP contribution in [0.4, 0.5) is 0 Å². The largest absolute Gasteiger partial charge is 0.507 e. The highest BCUT2D eigenvalue weighted by Gasteiger charge is 2.46. The van der Waals surface area contributed by atoms with Gasteiger partial charge in [0.2, 0.25) is 0 Å². The van der Waals surface area contributed by atoms with E-state index >= 15 is 0 Å². The van der Waals surface area contributed by atoms with Crippen LogP contribution in [0.5, 0.6) is 5.75 Å². The first-order chi connectivity index (χ1) is 18.4. The molecule has 1 unspecified atom stereocenters. The van der Waals surface area contributed by atoms with Gasteiger partial charge in [-0.1, -0.05) is 78.9 Å². The number of rotatable bonds is 8. The van der Waals surface area contributed by atoms with Gasteiger partial charge in [-0.25, -0.2) is 0 Å². The van der Waals surface area contributed by atoms with E-state index in [4.69, 9.17) is 4.74 Å². The summed E-state index contributed by atoms with van der Waals surface area (Å²) < 4.78 is 6.03. The Balaban J connectivity index is 1.56. The number of likely N-dealkylation sites (tertiary alicyclic amines) is 1. The summed E-state index contributed by atoms with van der Waals surface area (Å²) in [7, 11) is 3.83. The molecule has 1 fully saturated rings. The van der Waals surface area contributed by atoms with Crippen molar-refractivity contribution in [1.82, 2.24) is 9.80 Å². The van der Waals surface area contributed by atoms with Gasteiger partial charge in [0, 0.05) is 18.7 Å². The summed E-state index contributed by atoms with van der Waals surface area (Å²) in [4.78, 5) is 30.1. The number of carbonyl (C=O) groups excluding carboxylic acids is 2. The molecule has 0 aromatic heterocycles. The smallest absolute Gasteiger partial charge is 0.295 e. The van der Waals surface area contributed by atoms with Crippen LogP contribution in [0.2, 0.25) is 0 Å². The molecule has 1 N–H and O–H groups in total. The van der Waals surface area contributed by atoms with E-state index < -0.39 is 17.7 Å². The standard InChI is InChI=1S/C32H30N2O4/c1-33(2)17-18-34-29(25-13-8-14-27(20-25)38-21-22-9-4-3-5-10-22)28(31(36)32(34)37)30(35)26-16-15-23-11-6-7-12-24(23)19-26/h3-16,19-20,29,35H,17-18,21H2,1-2H3/b30-28-. The van der Waals surface area contributed by atoms with Crippen LogP contribution in [0.3, 0.4) is 0 Å². The number of amides is 1. The molecule has 0 aliphatic carbocycles. The first-order valence-corrected chi connectivity index (χ1v) is 12.6. The van der Waals surface area contributed by atoms with Crippen LogP contribution in [-0.4, -0.2) is 53.8 Å². The predicted molar refractivity (Wildman–Crippen MR) is 149 cm³/mol. The number of aliphatic hydroxyl groups excluding tert-OH is 1. The zero-order valence-electron chi connectivity index (χ0n) is 21.5. The van der Waals surface area contributed by atoms with Crippen LogP contribution in [-0.2, 0) is 16.2 Å². The van der Waals surface area contributed by atoms with Crippen molar-refractivity contribution in [2.24, 2.45) is 0 Å². The number of aliphatic hydroxyl groups is 1. The van der Waals surface area contributed by atoms with Crippen LogP contribution >= 0.6 is 0 Å². The summed E-state index contributed by atoms with van der Waals surface area (Å²) in [5, 5.41) is 13.4. The number of fused-ring (bicyclic) bond motifs is 1. The van der Waals surface area contributed by atoms with Crippen molar-refractivity contribution < 1.29 is 19.4 Å². The molecule has 1 amide bonds. The fourth-order valence-corrected chi connectivity index (χ4v) is 4.77. The molecule has 5 rings (SSSR count). The van der Waals surface area contributed by atoms with Crippen molar-refractivity contribution in [2.75, 3.05) is 27.2 Å². The van der Waals surface area contributed by atoms with Gasteiger partial charge < -0.3 is 19.6 Å².